The first-order chi connectivity index (χ1) is 13.0. The summed E-state index contributed by atoms with van der Waals surface area (Å²) in [5.41, 5.74) is 1.97. The van der Waals surface area contributed by atoms with Gasteiger partial charge < -0.3 is 9.64 Å². The van der Waals surface area contributed by atoms with Gasteiger partial charge in [-0.2, -0.15) is 0 Å². The summed E-state index contributed by atoms with van der Waals surface area (Å²) in [6, 6.07) is 11.8. The van der Waals surface area contributed by atoms with Crippen molar-refractivity contribution in [2.24, 2.45) is 0 Å². The molecule has 1 aromatic heterocycles. The van der Waals surface area contributed by atoms with Crippen molar-refractivity contribution in [3.05, 3.63) is 63.7 Å². The second-order valence-electron chi connectivity index (χ2n) is 6.24. The van der Waals surface area contributed by atoms with Gasteiger partial charge >= 0.3 is 5.97 Å². The van der Waals surface area contributed by atoms with Gasteiger partial charge in [-0.3, -0.25) is 4.79 Å². The molecular weight excluding hydrogens is 389 g/mol. The number of hydrogen-bond donors (Lipinski definition) is 0. The summed E-state index contributed by atoms with van der Waals surface area (Å²) >= 11 is 7.28. The molecule has 0 radical (unpaired) electrons. The van der Waals surface area contributed by atoms with Crippen molar-refractivity contribution in [2.45, 2.75) is 12.8 Å². The second kappa shape index (κ2) is 7.29. The molecule has 138 valence electrons. The summed E-state index contributed by atoms with van der Waals surface area (Å²) in [5, 5.41) is 0.807. The van der Waals surface area contributed by atoms with Crippen molar-refractivity contribution in [1.29, 1.82) is 0 Å². The minimum Gasteiger partial charge on any atom is -0.451 e. The molecule has 4 rings (SSSR count). The summed E-state index contributed by atoms with van der Waals surface area (Å²) in [7, 11) is 0. The van der Waals surface area contributed by atoms with E-state index in [1.54, 1.807) is 4.90 Å². The van der Waals surface area contributed by atoms with E-state index in [2.05, 4.69) is 0 Å². The Morgan fingerprint density at radius 1 is 1.22 bits per heavy atom. The largest absolute Gasteiger partial charge is 0.451 e. The number of esters is 1. The molecule has 0 aliphatic carbocycles. The van der Waals surface area contributed by atoms with Crippen LogP contribution < -0.4 is 4.90 Å². The van der Waals surface area contributed by atoms with Crippen LogP contribution in [0.3, 0.4) is 0 Å². The third-order valence-corrected chi connectivity index (χ3v) is 6.15. The maximum Gasteiger partial charge on any atom is 0.350 e. The molecule has 3 aromatic rings. The number of anilines is 1. The molecule has 0 spiro atoms. The molecule has 0 bridgehead atoms. The zero-order valence-electron chi connectivity index (χ0n) is 14.2. The van der Waals surface area contributed by atoms with Crippen LogP contribution in [0, 0.1) is 5.82 Å². The number of nitrogens with zero attached hydrogens (tertiary/aromatic N) is 1. The molecule has 1 amide bonds. The topological polar surface area (TPSA) is 46.6 Å². The molecular formula is C20H15ClFNO3S. The molecule has 0 saturated carbocycles. The summed E-state index contributed by atoms with van der Waals surface area (Å²) in [5.74, 6) is -1.36. The van der Waals surface area contributed by atoms with E-state index in [1.165, 1.54) is 18.2 Å². The maximum absolute atomic E-state index is 13.4. The molecule has 0 N–H and O–H groups in total. The first-order valence-electron chi connectivity index (χ1n) is 8.47. The number of fused-ring (bicyclic) bond motifs is 2. The Balaban J connectivity index is 1.49. The first-order valence-corrected chi connectivity index (χ1v) is 9.67. The average molecular weight is 404 g/mol. The molecule has 0 saturated heterocycles. The minimum absolute atomic E-state index is 0.170. The number of amides is 1. The van der Waals surface area contributed by atoms with Gasteiger partial charge in [0.05, 0.1) is 5.02 Å². The van der Waals surface area contributed by atoms with E-state index in [1.807, 2.05) is 24.3 Å². The molecule has 1 aliphatic rings. The number of carbonyl (C=O) groups excluding carboxylic acids is 2. The van der Waals surface area contributed by atoms with Crippen LogP contribution in [0.4, 0.5) is 10.1 Å². The van der Waals surface area contributed by atoms with E-state index in [4.69, 9.17) is 16.3 Å². The SMILES string of the molecule is O=C(OCC(=O)N1CCCc2ccccc21)c1sc2cc(F)ccc2c1Cl. The highest BCUT2D eigenvalue weighted by Crippen LogP contribution is 2.36. The number of carbonyl (C=O) groups is 2. The highest BCUT2D eigenvalue weighted by atomic mass is 35.5. The van der Waals surface area contributed by atoms with Gasteiger partial charge in [0.25, 0.3) is 5.91 Å². The summed E-state index contributed by atoms with van der Waals surface area (Å²) < 4.78 is 19.1. The van der Waals surface area contributed by atoms with E-state index in [-0.39, 0.29) is 22.4 Å². The average Bonchev–Trinajstić information content (AvgIpc) is 3.01. The van der Waals surface area contributed by atoms with Gasteiger partial charge in [0.1, 0.15) is 10.7 Å². The Kier molecular flexibility index (Phi) is 4.85. The van der Waals surface area contributed by atoms with Gasteiger partial charge in [-0.1, -0.05) is 29.8 Å². The van der Waals surface area contributed by atoms with Crippen LogP contribution >= 0.6 is 22.9 Å². The quantitative estimate of drug-likeness (QED) is 0.588. The molecule has 2 heterocycles. The Morgan fingerprint density at radius 2 is 2.04 bits per heavy atom. The van der Waals surface area contributed by atoms with Gasteiger partial charge in [-0.25, -0.2) is 9.18 Å². The lowest BCUT2D eigenvalue weighted by Gasteiger charge is -2.29. The molecule has 2 aromatic carbocycles. The zero-order chi connectivity index (χ0) is 19.0. The summed E-state index contributed by atoms with van der Waals surface area (Å²) in [4.78, 5) is 26.8. The van der Waals surface area contributed by atoms with Crippen LogP contribution in [0.5, 0.6) is 0 Å². The minimum atomic E-state index is -0.680. The van der Waals surface area contributed by atoms with Crippen molar-refractivity contribution < 1.29 is 18.7 Å². The highest BCUT2D eigenvalue weighted by molar-refractivity contribution is 7.21. The van der Waals surface area contributed by atoms with E-state index >= 15 is 0 Å². The molecule has 27 heavy (non-hydrogen) atoms. The number of benzene rings is 2. The van der Waals surface area contributed by atoms with E-state index < -0.39 is 11.8 Å². The number of ether oxygens (including phenoxy) is 1. The van der Waals surface area contributed by atoms with Gasteiger partial charge in [0.15, 0.2) is 6.61 Å². The van der Waals surface area contributed by atoms with Crippen LogP contribution in [-0.4, -0.2) is 25.0 Å². The second-order valence-corrected chi connectivity index (χ2v) is 7.67. The first kappa shape index (κ1) is 17.9. The lowest BCUT2D eigenvalue weighted by molar-refractivity contribution is -0.121. The van der Waals surface area contributed by atoms with Crippen molar-refractivity contribution in [3.8, 4) is 0 Å². The van der Waals surface area contributed by atoms with E-state index in [0.29, 0.717) is 16.6 Å². The fourth-order valence-corrected chi connectivity index (χ4v) is 4.66. The van der Waals surface area contributed by atoms with Crippen LogP contribution in [-0.2, 0) is 16.0 Å². The van der Waals surface area contributed by atoms with Crippen LogP contribution in [0.1, 0.15) is 21.7 Å². The highest BCUT2D eigenvalue weighted by Gasteiger charge is 2.25. The number of thiophene rings is 1. The van der Waals surface area contributed by atoms with Crippen LogP contribution in [0.25, 0.3) is 10.1 Å². The third kappa shape index (κ3) is 3.42. The Hall–Kier alpha value is -2.44. The Labute approximate surface area is 164 Å². The molecule has 1 aliphatic heterocycles. The Bertz CT molecular complexity index is 1050. The lowest BCUT2D eigenvalue weighted by atomic mass is 10.0. The zero-order valence-corrected chi connectivity index (χ0v) is 15.8. The third-order valence-electron chi connectivity index (χ3n) is 4.51. The van der Waals surface area contributed by atoms with Gasteiger partial charge in [-0.15, -0.1) is 11.3 Å². The fourth-order valence-electron chi connectivity index (χ4n) is 3.23. The smallest absolute Gasteiger partial charge is 0.350 e. The molecule has 0 unspecified atom stereocenters. The number of aryl methyl sites for hydroxylation is 1. The van der Waals surface area contributed by atoms with Crippen LogP contribution in [0.15, 0.2) is 42.5 Å². The summed E-state index contributed by atoms with van der Waals surface area (Å²) in [6.07, 6.45) is 1.79. The predicted molar refractivity (Wildman–Crippen MR) is 104 cm³/mol. The predicted octanol–water partition coefficient (Wildman–Crippen LogP) is 4.83. The number of halogens is 2. The van der Waals surface area contributed by atoms with Gasteiger partial charge in [0, 0.05) is 22.3 Å². The lowest BCUT2D eigenvalue weighted by Crippen LogP contribution is -2.38. The van der Waals surface area contributed by atoms with Crippen molar-refractivity contribution in [3.63, 3.8) is 0 Å². The standard InChI is InChI=1S/C20H15ClFNO3S/c21-18-14-8-7-13(22)10-16(14)27-19(18)20(25)26-11-17(24)23-9-3-5-12-4-1-2-6-15(12)23/h1-2,4,6-8,10H,3,5,9,11H2. The number of rotatable bonds is 3. The monoisotopic (exact) mass is 403 g/mol. The Morgan fingerprint density at radius 3 is 2.89 bits per heavy atom. The van der Waals surface area contributed by atoms with Crippen molar-refractivity contribution in [2.75, 3.05) is 18.1 Å². The summed E-state index contributed by atoms with van der Waals surface area (Å²) in [6.45, 7) is 0.225. The number of para-hydroxylation sites is 1. The fraction of sp³-hybridized carbons (Fsp3) is 0.200. The molecule has 7 heteroatoms. The van der Waals surface area contributed by atoms with Gasteiger partial charge in [-0.05, 0) is 42.7 Å². The normalized spacial score (nSPS) is 13.5. The number of hydrogen-bond acceptors (Lipinski definition) is 4. The maximum atomic E-state index is 13.4. The van der Waals surface area contributed by atoms with E-state index in [9.17, 15) is 14.0 Å². The molecule has 0 fully saturated rings. The van der Waals surface area contributed by atoms with E-state index in [0.717, 1.165) is 35.4 Å². The van der Waals surface area contributed by atoms with Crippen LogP contribution in [0.2, 0.25) is 5.02 Å². The van der Waals surface area contributed by atoms with Crippen molar-refractivity contribution >= 4 is 50.6 Å². The molecule has 4 nitrogen and oxygen atoms in total. The molecule has 0 atom stereocenters. The van der Waals surface area contributed by atoms with Crippen molar-refractivity contribution in [1.82, 2.24) is 0 Å². The van der Waals surface area contributed by atoms with Gasteiger partial charge in [0.2, 0.25) is 0 Å².